The van der Waals surface area contributed by atoms with Gasteiger partial charge in [-0.25, -0.2) is 12.7 Å². The average Bonchev–Trinajstić information content (AvgIpc) is 3.23. The third-order valence-electron chi connectivity index (χ3n) is 4.69. The molecule has 1 aliphatic rings. The Bertz CT molecular complexity index is 904. The van der Waals surface area contributed by atoms with Gasteiger partial charge in [0, 0.05) is 25.2 Å². The number of carbonyl (C=O) groups is 1. The van der Waals surface area contributed by atoms with Crippen LogP contribution in [0.5, 0.6) is 5.75 Å². The molecule has 0 spiro atoms. The molecule has 1 aliphatic heterocycles. The second kappa shape index (κ2) is 9.21. The monoisotopic (exact) mass is 402 g/mol. The number of nitrogens with zero attached hydrogens (tertiary/aromatic N) is 1. The van der Waals surface area contributed by atoms with E-state index < -0.39 is 10.0 Å². The molecule has 1 saturated heterocycles. The predicted octanol–water partition coefficient (Wildman–Crippen LogP) is 2.94. The van der Waals surface area contributed by atoms with Gasteiger partial charge in [-0.2, -0.15) is 0 Å². The molecule has 2 aromatic carbocycles. The molecule has 1 N–H and O–H groups in total. The molecule has 0 saturated carbocycles. The summed E-state index contributed by atoms with van der Waals surface area (Å²) < 4.78 is 31.8. The van der Waals surface area contributed by atoms with Crippen LogP contribution in [0.2, 0.25) is 0 Å². The third-order valence-corrected chi connectivity index (χ3v) is 6.54. The van der Waals surface area contributed by atoms with Crippen molar-refractivity contribution < 1.29 is 17.9 Å². The van der Waals surface area contributed by atoms with Gasteiger partial charge in [-0.15, -0.1) is 0 Å². The van der Waals surface area contributed by atoms with Crippen molar-refractivity contribution in [2.24, 2.45) is 0 Å². The minimum atomic E-state index is -3.28. The molecule has 0 atom stereocenters. The molecular weight excluding hydrogens is 376 g/mol. The Balaban J connectivity index is 1.57. The molecule has 0 unspecified atom stereocenters. The van der Waals surface area contributed by atoms with Gasteiger partial charge in [0.2, 0.25) is 10.0 Å². The molecule has 1 fully saturated rings. The van der Waals surface area contributed by atoms with E-state index in [-0.39, 0.29) is 11.7 Å². The lowest BCUT2D eigenvalue weighted by Crippen LogP contribution is -2.29. The number of rotatable bonds is 8. The number of amides is 1. The number of carbonyl (C=O) groups excluding carboxylic acids is 1. The molecule has 1 heterocycles. The number of sulfonamides is 1. The minimum Gasteiger partial charge on any atom is -0.494 e. The van der Waals surface area contributed by atoms with E-state index in [4.69, 9.17) is 4.74 Å². The van der Waals surface area contributed by atoms with Crippen LogP contribution in [-0.2, 0) is 22.3 Å². The first-order valence-electron chi connectivity index (χ1n) is 9.54. The van der Waals surface area contributed by atoms with Crippen molar-refractivity contribution >= 4 is 15.9 Å². The zero-order valence-electron chi connectivity index (χ0n) is 16.1. The van der Waals surface area contributed by atoms with Crippen LogP contribution in [0.4, 0.5) is 0 Å². The first-order chi connectivity index (χ1) is 13.5. The maximum atomic E-state index is 12.4. The molecule has 0 aliphatic carbocycles. The van der Waals surface area contributed by atoms with Gasteiger partial charge in [-0.05, 0) is 55.2 Å². The summed E-state index contributed by atoms with van der Waals surface area (Å²) in [4.78, 5) is 12.4. The van der Waals surface area contributed by atoms with E-state index in [1.807, 2.05) is 31.2 Å². The van der Waals surface area contributed by atoms with Gasteiger partial charge in [0.05, 0.1) is 12.4 Å². The largest absolute Gasteiger partial charge is 0.494 e. The van der Waals surface area contributed by atoms with E-state index in [1.54, 1.807) is 28.6 Å². The maximum Gasteiger partial charge on any atom is 0.251 e. The standard InChI is InChI=1S/C21H26N2O4S/c1-2-27-20-7-5-6-18(14-20)15-22-21(24)19-10-8-17(9-11-19)16-28(25,26)23-12-3-4-13-23/h5-11,14H,2-4,12-13,15-16H2,1H3,(H,22,24). The van der Waals surface area contributed by atoms with E-state index in [0.29, 0.717) is 37.4 Å². The quantitative estimate of drug-likeness (QED) is 0.737. The van der Waals surface area contributed by atoms with Crippen molar-refractivity contribution in [3.63, 3.8) is 0 Å². The smallest absolute Gasteiger partial charge is 0.251 e. The van der Waals surface area contributed by atoms with Gasteiger partial charge >= 0.3 is 0 Å². The van der Waals surface area contributed by atoms with E-state index in [2.05, 4.69) is 5.32 Å². The minimum absolute atomic E-state index is 0.0287. The normalized spacial score (nSPS) is 14.8. The van der Waals surface area contributed by atoms with E-state index in [0.717, 1.165) is 24.2 Å². The van der Waals surface area contributed by atoms with Crippen LogP contribution in [0.3, 0.4) is 0 Å². The summed E-state index contributed by atoms with van der Waals surface area (Å²) in [5.41, 5.74) is 2.14. The molecule has 150 valence electrons. The van der Waals surface area contributed by atoms with Crippen LogP contribution in [0, 0.1) is 0 Å². The topological polar surface area (TPSA) is 75.7 Å². The Morgan fingerprint density at radius 2 is 1.79 bits per heavy atom. The Morgan fingerprint density at radius 1 is 1.07 bits per heavy atom. The van der Waals surface area contributed by atoms with Crippen molar-refractivity contribution in [3.8, 4) is 5.75 Å². The summed E-state index contributed by atoms with van der Waals surface area (Å²) in [6, 6.07) is 14.3. The van der Waals surface area contributed by atoms with Gasteiger partial charge < -0.3 is 10.1 Å². The molecule has 0 bridgehead atoms. The Hall–Kier alpha value is -2.38. The Morgan fingerprint density at radius 3 is 2.46 bits per heavy atom. The first kappa shape index (κ1) is 20.4. The molecule has 1 amide bonds. The number of hydrogen-bond donors (Lipinski definition) is 1. The lowest BCUT2D eigenvalue weighted by Gasteiger charge is -2.15. The summed E-state index contributed by atoms with van der Waals surface area (Å²) in [6.07, 6.45) is 1.84. The fourth-order valence-electron chi connectivity index (χ4n) is 3.22. The molecule has 6 nitrogen and oxygen atoms in total. The highest BCUT2D eigenvalue weighted by Crippen LogP contribution is 2.18. The van der Waals surface area contributed by atoms with E-state index in [9.17, 15) is 13.2 Å². The highest BCUT2D eigenvalue weighted by molar-refractivity contribution is 7.88. The molecule has 28 heavy (non-hydrogen) atoms. The van der Waals surface area contributed by atoms with Gasteiger partial charge in [0.25, 0.3) is 5.91 Å². The van der Waals surface area contributed by atoms with Gasteiger partial charge in [0.15, 0.2) is 0 Å². The highest BCUT2D eigenvalue weighted by Gasteiger charge is 2.25. The van der Waals surface area contributed by atoms with Crippen molar-refractivity contribution in [3.05, 3.63) is 65.2 Å². The van der Waals surface area contributed by atoms with Crippen LogP contribution < -0.4 is 10.1 Å². The SMILES string of the molecule is CCOc1cccc(CNC(=O)c2ccc(CS(=O)(=O)N3CCCC3)cc2)c1. The van der Waals surface area contributed by atoms with Crippen LogP contribution in [0.15, 0.2) is 48.5 Å². The first-order valence-corrected chi connectivity index (χ1v) is 11.2. The second-order valence-electron chi connectivity index (χ2n) is 6.82. The van der Waals surface area contributed by atoms with Gasteiger partial charge in [-0.3, -0.25) is 4.79 Å². The number of hydrogen-bond acceptors (Lipinski definition) is 4. The molecular formula is C21H26N2O4S. The highest BCUT2D eigenvalue weighted by atomic mass is 32.2. The zero-order chi connectivity index (χ0) is 20.0. The van der Waals surface area contributed by atoms with Gasteiger partial charge in [-0.1, -0.05) is 24.3 Å². The van der Waals surface area contributed by atoms with Crippen molar-refractivity contribution in [2.45, 2.75) is 32.1 Å². The predicted molar refractivity (Wildman–Crippen MR) is 109 cm³/mol. The van der Waals surface area contributed by atoms with Crippen LogP contribution in [0.1, 0.15) is 41.3 Å². The molecule has 0 aromatic heterocycles. The van der Waals surface area contributed by atoms with Gasteiger partial charge in [0.1, 0.15) is 5.75 Å². The molecule has 3 rings (SSSR count). The van der Waals surface area contributed by atoms with Crippen LogP contribution >= 0.6 is 0 Å². The number of benzene rings is 2. The van der Waals surface area contributed by atoms with E-state index >= 15 is 0 Å². The number of nitrogens with one attached hydrogen (secondary N) is 1. The summed E-state index contributed by atoms with van der Waals surface area (Å²) in [5.74, 6) is 0.549. The fourth-order valence-corrected chi connectivity index (χ4v) is 4.83. The Labute approximate surface area is 166 Å². The molecule has 2 aromatic rings. The summed E-state index contributed by atoms with van der Waals surface area (Å²) >= 11 is 0. The average molecular weight is 403 g/mol. The van der Waals surface area contributed by atoms with Crippen LogP contribution in [0.25, 0.3) is 0 Å². The summed E-state index contributed by atoms with van der Waals surface area (Å²) in [7, 11) is -3.28. The lowest BCUT2D eigenvalue weighted by atomic mass is 10.1. The summed E-state index contributed by atoms with van der Waals surface area (Å²) in [5, 5.41) is 2.88. The second-order valence-corrected chi connectivity index (χ2v) is 8.79. The fraction of sp³-hybridized carbons (Fsp3) is 0.381. The van der Waals surface area contributed by atoms with Crippen molar-refractivity contribution in [2.75, 3.05) is 19.7 Å². The molecule has 7 heteroatoms. The lowest BCUT2D eigenvalue weighted by molar-refractivity contribution is 0.0951. The Kier molecular flexibility index (Phi) is 6.70. The molecule has 0 radical (unpaired) electrons. The van der Waals surface area contributed by atoms with Crippen LogP contribution in [-0.4, -0.2) is 38.3 Å². The zero-order valence-corrected chi connectivity index (χ0v) is 16.9. The van der Waals surface area contributed by atoms with Crippen molar-refractivity contribution in [1.29, 1.82) is 0 Å². The van der Waals surface area contributed by atoms with Crippen molar-refractivity contribution in [1.82, 2.24) is 9.62 Å². The van der Waals surface area contributed by atoms with E-state index in [1.165, 1.54) is 0 Å². The third kappa shape index (κ3) is 5.33. The summed E-state index contributed by atoms with van der Waals surface area (Å²) in [6.45, 7) is 4.12. The maximum absolute atomic E-state index is 12.4. The number of ether oxygens (including phenoxy) is 1.